The molecule has 4 N–H and O–H groups in total. The molecule has 0 fully saturated rings. The summed E-state index contributed by atoms with van der Waals surface area (Å²) in [4.78, 5) is 12.2. The van der Waals surface area contributed by atoms with Crippen LogP contribution in [0.1, 0.15) is 15.9 Å². The van der Waals surface area contributed by atoms with E-state index in [1.54, 1.807) is 0 Å². The molecule has 0 amide bonds. The van der Waals surface area contributed by atoms with Gasteiger partial charge >= 0.3 is 0 Å². The highest BCUT2D eigenvalue weighted by Crippen LogP contribution is 2.37. The summed E-state index contributed by atoms with van der Waals surface area (Å²) in [6, 6.07) is 6.37. The Balaban J connectivity index is 2.52. The molecule has 6 heteroatoms. The number of carbonyl (C=O) groups excluding carboxylic acids is 1. The molecular formula is C14H12O6. The lowest BCUT2D eigenvalue weighted by Gasteiger charge is -2.09. The van der Waals surface area contributed by atoms with E-state index in [9.17, 15) is 25.2 Å². The zero-order chi connectivity index (χ0) is 14.9. The fourth-order valence-electron chi connectivity index (χ4n) is 1.76. The summed E-state index contributed by atoms with van der Waals surface area (Å²) in [5.74, 6) is -2.81. The zero-order valence-corrected chi connectivity index (χ0v) is 10.5. The Hall–Kier alpha value is -2.89. The van der Waals surface area contributed by atoms with Gasteiger partial charge in [0.15, 0.2) is 34.5 Å². The molecule has 2 aromatic carbocycles. The molecule has 20 heavy (non-hydrogen) atoms. The second-order valence-electron chi connectivity index (χ2n) is 4.05. The minimum Gasteiger partial charge on any atom is -0.504 e. The van der Waals surface area contributed by atoms with Crippen molar-refractivity contribution in [2.24, 2.45) is 0 Å². The maximum absolute atomic E-state index is 12.2. The lowest BCUT2D eigenvalue weighted by Crippen LogP contribution is -2.02. The highest BCUT2D eigenvalue weighted by Gasteiger charge is 2.19. The van der Waals surface area contributed by atoms with Crippen LogP contribution in [0.25, 0.3) is 0 Å². The quantitative estimate of drug-likeness (QED) is 0.502. The molecule has 0 atom stereocenters. The average molecular weight is 276 g/mol. The van der Waals surface area contributed by atoms with Crippen molar-refractivity contribution in [1.29, 1.82) is 0 Å². The number of rotatable bonds is 3. The highest BCUT2D eigenvalue weighted by atomic mass is 16.5. The first-order valence-electron chi connectivity index (χ1n) is 5.61. The first-order chi connectivity index (χ1) is 9.45. The van der Waals surface area contributed by atoms with Gasteiger partial charge in [-0.3, -0.25) is 4.79 Å². The van der Waals surface area contributed by atoms with E-state index in [0.29, 0.717) is 0 Å². The normalized spacial score (nSPS) is 10.2. The molecule has 2 rings (SSSR count). The third-order valence-electron chi connectivity index (χ3n) is 2.80. The summed E-state index contributed by atoms with van der Waals surface area (Å²) in [6.45, 7) is 0. The van der Waals surface area contributed by atoms with E-state index in [2.05, 4.69) is 0 Å². The van der Waals surface area contributed by atoms with Gasteiger partial charge in [-0.25, -0.2) is 0 Å². The van der Waals surface area contributed by atoms with Crippen LogP contribution in [0.4, 0.5) is 0 Å². The number of hydrogen-bond donors (Lipinski definition) is 4. The lowest BCUT2D eigenvalue weighted by atomic mass is 10.0. The SMILES string of the molecule is COc1cccc(C(=O)c2cc(O)c(O)c(O)c2)c1O. The van der Waals surface area contributed by atoms with Crippen molar-refractivity contribution in [3.05, 3.63) is 41.5 Å². The third-order valence-corrected chi connectivity index (χ3v) is 2.80. The molecule has 6 nitrogen and oxygen atoms in total. The first kappa shape index (κ1) is 13.5. The molecule has 0 heterocycles. The van der Waals surface area contributed by atoms with Crippen molar-refractivity contribution >= 4 is 5.78 Å². The monoisotopic (exact) mass is 276 g/mol. The molecule has 0 aliphatic carbocycles. The van der Waals surface area contributed by atoms with E-state index in [1.807, 2.05) is 0 Å². The van der Waals surface area contributed by atoms with E-state index in [0.717, 1.165) is 12.1 Å². The van der Waals surface area contributed by atoms with Crippen molar-refractivity contribution in [2.75, 3.05) is 7.11 Å². The second-order valence-corrected chi connectivity index (χ2v) is 4.05. The Morgan fingerprint density at radius 1 is 1.00 bits per heavy atom. The van der Waals surface area contributed by atoms with Crippen molar-refractivity contribution < 1.29 is 30.0 Å². The predicted molar refractivity (Wildman–Crippen MR) is 69.5 cm³/mol. The predicted octanol–water partition coefficient (Wildman–Crippen LogP) is 1.75. The highest BCUT2D eigenvalue weighted by molar-refractivity contribution is 6.11. The maximum atomic E-state index is 12.2. The Morgan fingerprint density at radius 2 is 1.60 bits per heavy atom. The Labute approximate surface area is 114 Å². The molecule has 0 saturated carbocycles. The van der Waals surface area contributed by atoms with Gasteiger partial charge in [0.05, 0.1) is 12.7 Å². The number of benzene rings is 2. The van der Waals surface area contributed by atoms with Crippen molar-refractivity contribution in [3.8, 4) is 28.7 Å². The molecule has 0 spiro atoms. The van der Waals surface area contributed by atoms with Crippen LogP contribution in [0.3, 0.4) is 0 Å². The molecule has 0 saturated heterocycles. The zero-order valence-electron chi connectivity index (χ0n) is 10.5. The van der Waals surface area contributed by atoms with Gasteiger partial charge in [-0.2, -0.15) is 0 Å². The average Bonchev–Trinajstić information content (AvgIpc) is 2.43. The number of phenols is 4. The van der Waals surface area contributed by atoms with Gasteiger partial charge in [0.25, 0.3) is 0 Å². The number of methoxy groups -OCH3 is 1. The van der Waals surface area contributed by atoms with Crippen LogP contribution in [-0.2, 0) is 0 Å². The van der Waals surface area contributed by atoms with Gasteiger partial charge in [0, 0.05) is 5.56 Å². The molecule has 0 aliphatic heterocycles. The van der Waals surface area contributed by atoms with Gasteiger partial charge < -0.3 is 25.2 Å². The molecule has 104 valence electrons. The second kappa shape index (κ2) is 5.00. The summed E-state index contributed by atoms with van der Waals surface area (Å²) in [6.07, 6.45) is 0. The van der Waals surface area contributed by atoms with Gasteiger partial charge in [0.1, 0.15) is 0 Å². The van der Waals surface area contributed by atoms with E-state index < -0.39 is 23.0 Å². The number of hydrogen-bond acceptors (Lipinski definition) is 6. The molecule has 0 aliphatic rings. The number of phenolic OH excluding ortho intramolecular Hbond substituents is 4. The third kappa shape index (κ3) is 2.18. The molecule has 0 aromatic heterocycles. The number of para-hydroxylation sites is 1. The van der Waals surface area contributed by atoms with E-state index in [4.69, 9.17) is 4.74 Å². The van der Waals surface area contributed by atoms with Crippen LogP contribution in [0.2, 0.25) is 0 Å². The van der Waals surface area contributed by atoms with Crippen LogP contribution >= 0.6 is 0 Å². The molecule has 2 aromatic rings. The molecular weight excluding hydrogens is 264 g/mol. The van der Waals surface area contributed by atoms with Crippen LogP contribution in [-0.4, -0.2) is 33.3 Å². The lowest BCUT2D eigenvalue weighted by molar-refractivity contribution is 0.103. The van der Waals surface area contributed by atoms with Crippen LogP contribution in [0.15, 0.2) is 30.3 Å². The number of ether oxygens (including phenoxy) is 1. The minimum atomic E-state index is -0.712. The summed E-state index contributed by atoms with van der Waals surface area (Å²) in [5, 5.41) is 37.9. The van der Waals surface area contributed by atoms with Gasteiger partial charge in [-0.1, -0.05) is 6.07 Å². The van der Waals surface area contributed by atoms with Crippen molar-refractivity contribution in [3.63, 3.8) is 0 Å². The van der Waals surface area contributed by atoms with Crippen LogP contribution in [0.5, 0.6) is 28.7 Å². The topological polar surface area (TPSA) is 107 Å². The first-order valence-corrected chi connectivity index (χ1v) is 5.61. The van der Waals surface area contributed by atoms with E-state index in [1.165, 1.54) is 25.3 Å². The van der Waals surface area contributed by atoms with Gasteiger partial charge in [-0.05, 0) is 24.3 Å². The van der Waals surface area contributed by atoms with Crippen molar-refractivity contribution in [1.82, 2.24) is 0 Å². The van der Waals surface area contributed by atoms with Gasteiger partial charge in [0.2, 0.25) is 0 Å². The van der Waals surface area contributed by atoms with E-state index >= 15 is 0 Å². The van der Waals surface area contributed by atoms with Crippen LogP contribution in [0, 0.1) is 0 Å². The molecule has 0 bridgehead atoms. The Kier molecular flexibility index (Phi) is 3.39. The van der Waals surface area contributed by atoms with Crippen molar-refractivity contribution in [2.45, 2.75) is 0 Å². The molecule has 0 unspecified atom stereocenters. The Bertz CT molecular complexity index is 654. The number of ketones is 1. The molecule has 0 radical (unpaired) electrons. The van der Waals surface area contributed by atoms with E-state index in [-0.39, 0.29) is 22.6 Å². The standard InChI is InChI=1S/C14H12O6/c1-20-11-4-2-3-8(13(11)18)12(17)7-5-9(15)14(19)10(16)6-7/h2-6,15-16,18-19H,1H3. The fourth-order valence-corrected chi connectivity index (χ4v) is 1.76. The fraction of sp³-hybridized carbons (Fsp3) is 0.0714. The summed E-state index contributed by atoms with van der Waals surface area (Å²) in [5.41, 5.74) is -0.129. The minimum absolute atomic E-state index is 0.0474. The smallest absolute Gasteiger partial charge is 0.200 e. The van der Waals surface area contributed by atoms with Gasteiger partial charge in [-0.15, -0.1) is 0 Å². The maximum Gasteiger partial charge on any atom is 0.200 e. The summed E-state index contributed by atoms with van der Waals surface area (Å²) in [7, 11) is 1.35. The summed E-state index contributed by atoms with van der Waals surface area (Å²) >= 11 is 0. The van der Waals surface area contributed by atoms with Crippen LogP contribution < -0.4 is 4.74 Å². The Morgan fingerprint density at radius 3 is 2.15 bits per heavy atom. The number of aromatic hydroxyl groups is 4. The summed E-state index contributed by atoms with van der Waals surface area (Å²) < 4.78 is 4.90. The number of carbonyl (C=O) groups is 1. The largest absolute Gasteiger partial charge is 0.504 e.